The van der Waals surface area contributed by atoms with E-state index in [0.29, 0.717) is 36.7 Å². The lowest BCUT2D eigenvalue weighted by Crippen LogP contribution is -2.30. The molecule has 0 spiro atoms. The Kier molecular flexibility index (Phi) is 4.49. The molecule has 5 heteroatoms. The van der Waals surface area contributed by atoms with Crippen LogP contribution in [0.15, 0.2) is 18.2 Å². The Bertz CT molecular complexity index is 488. The number of nitrogens with two attached hydrogens (primary N) is 1. The second-order valence-corrected chi connectivity index (χ2v) is 5.26. The Hall–Kier alpha value is -1.75. The highest BCUT2D eigenvalue weighted by Crippen LogP contribution is 2.24. The van der Waals surface area contributed by atoms with Gasteiger partial charge in [-0.15, -0.1) is 0 Å². The molecule has 0 aliphatic carbocycles. The minimum Gasteiger partial charge on any atom is -0.494 e. The number of ether oxygens (including phenoxy) is 1. The maximum absolute atomic E-state index is 12.5. The summed E-state index contributed by atoms with van der Waals surface area (Å²) >= 11 is 0. The Labute approximate surface area is 119 Å². The summed E-state index contributed by atoms with van der Waals surface area (Å²) in [4.78, 5) is 14.2. The van der Waals surface area contributed by atoms with Crippen LogP contribution in [0, 0.1) is 5.92 Å². The number of carbonyl (C=O) groups is 1. The van der Waals surface area contributed by atoms with Crippen molar-refractivity contribution in [1.82, 2.24) is 4.90 Å². The number of amides is 1. The molecule has 0 saturated carbocycles. The van der Waals surface area contributed by atoms with Crippen molar-refractivity contribution < 1.29 is 14.6 Å². The fraction of sp³-hybridized carbons (Fsp3) is 0.533. The summed E-state index contributed by atoms with van der Waals surface area (Å²) in [5, 5.41) is 9.60. The molecule has 1 heterocycles. The maximum atomic E-state index is 12.5. The molecular formula is C15H22N2O3. The van der Waals surface area contributed by atoms with Gasteiger partial charge in [-0.1, -0.05) is 0 Å². The summed E-state index contributed by atoms with van der Waals surface area (Å²) < 4.78 is 5.41. The zero-order valence-electron chi connectivity index (χ0n) is 12.0. The van der Waals surface area contributed by atoms with Crippen molar-refractivity contribution in [2.45, 2.75) is 26.4 Å². The summed E-state index contributed by atoms with van der Waals surface area (Å²) in [5.41, 5.74) is 6.87. The van der Waals surface area contributed by atoms with Crippen LogP contribution in [0.1, 0.15) is 30.6 Å². The average molecular weight is 278 g/mol. The number of nitrogens with zero attached hydrogens (tertiary/aromatic N) is 1. The van der Waals surface area contributed by atoms with E-state index in [1.807, 2.05) is 6.92 Å². The number of anilines is 1. The third-order valence-corrected chi connectivity index (χ3v) is 3.68. The van der Waals surface area contributed by atoms with Crippen LogP contribution >= 0.6 is 0 Å². The fourth-order valence-electron chi connectivity index (χ4n) is 2.54. The Morgan fingerprint density at radius 2 is 2.30 bits per heavy atom. The van der Waals surface area contributed by atoms with Crippen molar-refractivity contribution in [2.75, 3.05) is 25.4 Å². The van der Waals surface area contributed by atoms with Gasteiger partial charge in [0.25, 0.3) is 5.91 Å². The average Bonchev–Trinajstić information content (AvgIpc) is 2.87. The van der Waals surface area contributed by atoms with Crippen LogP contribution in [0.2, 0.25) is 0 Å². The lowest BCUT2D eigenvalue weighted by Gasteiger charge is -2.18. The van der Waals surface area contributed by atoms with E-state index in [-0.39, 0.29) is 17.9 Å². The van der Waals surface area contributed by atoms with Crippen LogP contribution in [-0.4, -0.2) is 41.7 Å². The molecule has 1 aromatic rings. The van der Waals surface area contributed by atoms with Gasteiger partial charge in [-0.3, -0.25) is 4.79 Å². The second kappa shape index (κ2) is 6.13. The molecule has 1 amide bonds. The van der Waals surface area contributed by atoms with Crippen LogP contribution in [0.4, 0.5) is 5.69 Å². The number of aliphatic hydroxyl groups excluding tert-OH is 1. The number of aliphatic hydroxyl groups is 1. The van der Waals surface area contributed by atoms with Crippen molar-refractivity contribution >= 4 is 11.6 Å². The Balaban J connectivity index is 2.13. The highest BCUT2D eigenvalue weighted by Gasteiger charge is 2.29. The molecule has 1 aliphatic heterocycles. The first kappa shape index (κ1) is 14.7. The van der Waals surface area contributed by atoms with Crippen LogP contribution in [0.25, 0.3) is 0 Å². The zero-order valence-corrected chi connectivity index (χ0v) is 12.0. The molecule has 2 atom stereocenters. The van der Waals surface area contributed by atoms with E-state index in [4.69, 9.17) is 10.5 Å². The molecule has 2 rings (SSSR count). The Morgan fingerprint density at radius 3 is 2.90 bits per heavy atom. The van der Waals surface area contributed by atoms with Crippen molar-refractivity contribution in [3.8, 4) is 5.75 Å². The summed E-state index contributed by atoms with van der Waals surface area (Å²) in [6.45, 7) is 5.46. The number of rotatable bonds is 4. The first-order chi connectivity index (χ1) is 9.51. The summed E-state index contributed by atoms with van der Waals surface area (Å²) in [6.07, 6.45) is 0.456. The number of carbonyl (C=O) groups excluding carboxylic acids is 1. The molecule has 1 aromatic carbocycles. The molecular weight excluding hydrogens is 256 g/mol. The topological polar surface area (TPSA) is 75.8 Å². The van der Waals surface area contributed by atoms with Crippen LogP contribution in [0.3, 0.4) is 0 Å². The normalized spacial score (nSPS) is 19.9. The lowest BCUT2D eigenvalue weighted by atomic mass is 10.0. The molecule has 5 nitrogen and oxygen atoms in total. The second-order valence-electron chi connectivity index (χ2n) is 5.26. The van der Waals surface area contributed by atoms with Gasteiger partial charge in [0, 0.05) is 36.3 Å². The molecule has 110 valence electrons. The molecule has 1 saturated heterocycles. The monoisotopic (exact) mass is 278 g/mol. The lowest BCUT2D eigenvalue weighted by molar-refractivity contribution is 0.0762. The third-order valence-electron chi connectivity index (χ3n) is 3.68. The van der Waals surface area contributed by atoms with Crippen molar-refractivity contribution in [2.24, 2.45) is 5.92 Å². The number of benzene rings is 1. The standard InChI is InChI=1S/C15H22N2O3/c1-3-20-14-7-12(6-13(16)8-14)15(19)17-5-4-11(9-17)10(2)18/h6-8,10-11,18H,3-5,9,16H2,1-2H3. The van der Waals surface area contributed by atoms with Gasteiger partial charge >= 0.3 is 0 Å². The molecule has 0 aromatic heterocycles. The molecule has 0 bridgehead atoms. The SMILES string of the molecule is CCOc1cc(N)cc(C(=O)N2CCC(C(C)O)C2)c1. The van der Waals surface area contributed by atoms with Crippen molar-refractivity contribution in [1.29, 1.82) is 0 Å². The van der Waals surface area contributed by atoms with Crippen LogP contribution in [0.5, 0.6) is 5.75 Å². The third kappa shape index (κ3) is 3.22. The molecule has 1 aliphatic rings. The number of hydrogen-bond donors (Lipinski definition) is 2. The fourth-order valence-corrected chi connectivity index (χ4v) is 2.54. The van der Waals surface area contributed by atoms with Gasteiger partial charge in [0.05, 0.1) is 12.7 Å². The van der Waals surface area contributed by atoms with E-state index in [1.165, 1.54) is 0 Å². The van der Waals surface area contributed by atoms with E-state index in [2.05, 4.69) is 0 Å². The van der Waals surface area contributed by atoms with Crippen molar-refractivity contribution in [3.05, 3.63) is 23.8 Å². The predicted molar refractivity (Wildman–Crippen MR) is 77.7 cm³/mol. The first-order valence-electron chi connectivity index (χ1n) is 7.02. The van der Waals surface area contributed by atoms with Gasteiger partial charge in [-0.05, 0) is 32.4 Å². The number of likely N-dealkylation sites (tertiary alicyclic amines) is 1. The van der Waals surface area contributed by atoms with Gasteiger partial charge < -0.3 is 20.5 Å². The van der Waals surface area contributed by atoms with E-state index >= 15 is 0 Å². The minimum absolute atomic E-state index is 0.0543. The molecule has 1 fully saturated rings. The molecule has 3 N–H and O–H groups in total. The quantitative estimate of drug-likeness (QED) is 0.819. The maximum Gasteiger partial charge on any atom is 0.254 e. The number of nitrogen functional groups attached to an aromatic ring is 1. The van der Waals surface area contributed by atoms with Gasteiger partial charge in [0.15, 0.2) is 0 Å². The highest BCUT2D eigenvalue weighted by atomic mass is 16.5. The molecule has 20 heavy (non-hydrogen) atoms. The van der Waals surface area contributed by atoms with E-state index in [9.17, 15) is 9.90 Å². The first-order valence-corrected chi connectivity index (χ1v) is 7.02. The van der Waals surface area contributed by atoms with E-state index < -0.39 is 0 Å². The summed E-state index contributed by atoms with van der Waals surface area (Å²) in [5.74, 6) is 0.717. The highest BCUT2D eigenvalue weighted by molar-refractivity contribution is 5.95. The molecule has 2 unspecified atom stereocenters. The van der Waals surface area contributed by atoms with Gasteiger partial charge in [-0.25, -0.2) is 0 Å². The largest absolute Gasteiger partial charge is 0.494 e. The predicted octanol–water partition coefficient (Wildman–Crippen LogP) is 1.51. The van der Waals surface area contributed by atoms with Gasteiger partial charge in [0.2, 0.25) is 0 Å². The van der Waals surface area contributed by atoms with Gasteiger partial charge in [-0.2, -0.15) is 0 Å². The smallest absolute Gasteiger partial charge is 0.254 e. The van der Waals surface area contributed by atoms with Gasteiger partial charge in [0.1, 0.15) is 5.75 Å². The van der Waals surface area contributed by atoms with Crippen LogP contribution in [-0.2, 0) is 0 Å². The number of hydrogen-bond acceptors (Lipinski definition) is 4. The Morgan fingerprint density at radius 1 is 1.55 bits per heavy atom. The zero-order chi connectivity index (χ0) is 14.7. The summed E-state index contributed by atoms with van der Waals surface area (Å²) in [7, 11) is 0. The van der Waals surface area contributed by atoms with Crippen LogP contribution < -0.4 is 10.5 Å². The van der Waals surface area contributed by atoms with E-state index in [1.54, 1.807) is 30.0 Å². The molecule has 0 radical (unpaired) electrons. The summed E-state index contributed by atoms with van der Waals surface area (Å²) in [6, 6.07) is 5.10. The van der Waals surface area contributed by atoms with Crippen molar-refractivity contribution in [3.63, 3.8) is 0 Å². The minimum atomic E-state index is -0.382. The van der Waals surface area contributed by atoms with E-state index in [0.717, 1.165) is 6.42 Å².